The number of nitrogens with one attached hydrogen (secondary N) is 3. The molecular weight excluding hydrogens is 436 g/mol. The van der Waals surface area contributed by atoms with Crippen LogP contribution in [0.5, 0.6) is 11.5 Å². The van der Waals surface area contributed by atoms with E-state index in [1.165, 1.54) is 0 Å². The fourth-order valence-electron chi connectivity index (χ4n) is 3.71. The molecule has 0 radical (unpaired) electrons. The molecule has 0 fully saturated rings. The van der Waals surface area contributed by atoms with Gasteiger partial charge < -0.3 is 35.1 Å². The number of anilines is 2. The molecule has 0 saturated heterocycles. The molecule has 184 valence electrons. The van der Waals surface area contributed by atoms with Crippen LogP contribution in [0.15, 0.2) is 42.5 Å². The third-order valence-corrected chi connectivity index (χ3v) is 5.83. The fourth-order valence-corrected chi connectivity index (χ4v) is 3.71. The summed E-state index contributed by atoms with van der Waals surface area (Å²) in [6.45, 7) is 5.72. The number of carbonyl (C=O) groups is 2. The summed E-state index contributed by atoms with van der Waals surface area (Å²) in [4.78, 5) is 27.5. The van der Waals surface area contributed by atoms with Gasteiger partial charge in [-0.15, -0.1) is 0 Å². The summed E-state index contributed by atoms with van der Waals surface area (Å²) >= 11 is 0. The molecule has 0 saturated carbocycles. The second-order valence-electron chi connectivity index (χ2n) is 8.58. The van der Waals surface area contributed by atoms with E-state index in [1.54, 1.807) is 68.6 Å². The van der Waals surface area contributed by atoms with Crippen molar-refractivity contribution in [2.24, 2.45) is 5.92 Å². The molecule has 0 spiro atoms. The molecule has 0 aliphatic carbocycles. The number of ether oxygens (including phenoxy) is 3. The Bertz CT molecular complexity index is 982. The number of amides is 3. The van der Waals surface area contributed by atoms with Gasteiger partial charge in [-0.05, 0) is 55.3 Å². The SMILES string of the molecule is COc1ccc(NC(=O)Nc2ccc3c(c2)C(=O)N(C)C[C@@H](OC)[C@H](C)CN[C@H](C)CO3)cc1. The van der Waals surface area contributed by atoms with Gasteiger partial charge in [-0.2, -0.15) is 0 Å². The smallest absolute Gasteiger partial charge is 0.323 e. The van der Waals surface area contributed by atoms with Crippen LogP contribution in [0.1, 0.15) is 24.2 Å². The minimum atomic E-state index is -0.425. The van der Waals surface area contributed by atoms with Gasteiger partial charge in [0.2, 0.25) is 0 Å². The molecule has 0 unspecified atom stereocenters. The van der Waals surface area contributed by atoms with Gasteiger partial charge >= 0.3 is 6.03 Å². The molecule has 0 aromatic heterocycles. The summed E-state index contributed by atoms with van der Waals surface area (Å²) in [6, 6.07) is 11.7. The van der Waals surface area contributed by atoms with Crippen LogP contribution in [0, 0.1) is 5.92 Å². The van der Waals surface area contributed by atoms with Crippen LogP contribution in [-0.2, 0) is 4.74 Å². The van der Waals surface area contributed by atoms with E-state index in [-0.39, 0.29) is 24.0 Å². The second-order valence-corrected chi connectivity index (χ2v) is 8.58. The number of methoxy groups -OCH3 is 2. The van der Waals surface area contributed by atoms with Gasteiger partial charge in [0.1, 0.15) is 18.1 Å². The van der Waals surface area contributed by atoms with Crippen LogP contribution in [-0.4, -0.2) is 69.9 Å². The maximum atomic E-state index is 13.3. The molecule has 3 amide bonds. The van der Waals surface area contributed by atoms with Crippen molar-refractivity contribution in [3.63, 3.8) is 0 Å². The number of nitrogens with zero attached hydrogens (tertiary/aromatic N) is 1. The molecule has 1 aliphatic rings. The number of carbonyl (C=O) groups excluding carboxylic acids is 2. The molecule has 9 nitrogen and oxygen atoms in total. The van der Waals surface area contributed by atoms with Crippen LogP contribution in [0.4, 0.5) is 16.2 Å². The topological polar surface area (TPSA) is 101 Å². The Balaban J connectivity index is 1.79. The van der Waals surface area contributed by atoms with Crippen molar-refractivity contribution >= 4 is 23.3 Å². The van der Waals surface area contributed by atoms with E-state index in [0.29, 0.717) is 41.6 Å². The Labute approximate surface area is 200 Å². The lowest BCUT2D eigenvalue weighted by molar-refractivity contribution is 0.0281. The van der Waals surface area contributed by atoms with Crippen molar-refractivity contribution < 1.29 is 23.8 Å². The number of hydrogen-bond donors (Lipinski definition) is 3. The van der Waals surface area contributed by atoms with Crippen molar-refractivity contribution in [2.75, 3.05) is 51.6 Å². The molecule has 3 rings (SSSR count). The molecule has 9 heteroatoms. The summed E-state index contributed by atoms with van der Waals surface area (Å²) in [5, 5.41) is 9.00. The predicted octanol–water partition coefficient (Wildman–Crippen LogP) is 3.43. The summed E-state index contributed by atoms with van der Waals surface area (Å²) < 4.78 is 16.8. The standard InChI is InChI=1S/C25H34N4O5/c1-16-13-26-17(2)15-34-22-11-8-19(12-21(22)24(30)29(3)14-23(16)33-5)28-25(31)27-18-6-9-20(32-4)10-7-18/h6-12,16-17,23,26H,13-15H2,1-5H3,(H2,27,28,31)/t16-,17-,23-/m1/s1. The van der Waals surface area contributed by atoms with Crippen molar-refractivity contribution in [3.05, 3.63) is 48.0 Å². The van der Waals surface area contributed by atoms with Gasteiger partial charge in [0, 0.05) is 44.7 Å². The van der Waals surface area contributed by atoms with Crippen molar-refractivity contribution in [1.82, 2.24) is 10.2 Å². The first-order valence-corrected chi connectivity index (χ1v) is 11.3. The average Bonchev–Trinajstić information content (AvgIpc) is 2.84. The van der Waals surface area contributed by atoms with Crippen LogP contribution in [0.3, 0.4) is 0 Å². The molecule has 0 bridgehead atoms. The maximum Gasteiger partial charge on any atom is 0.323 e. The largest absolute Gasteiger partial charge is 0.497 e. The Hall–Kier alpha value is -3.30. The third kappa shape index (κ3) is 6.61. The molecule has 1 aliphatic heterocycles. The van der Waals surface area contributed by atoms with E-state index in [2.05, 4.69) is 22.9 Å². The first kappa shape index (κ1) is 25.3. The van der Waals surface area contributed by atoms with Crippen molar-refractivity contribution in [1.29, 1.82) is 0 Å². The van der Waals surface area contributed by atoms with E-state index >= 15 is 0 Å². The highest BCUT2D eigenvalue weighted by Gasteiger charge is 2.25. The summed E-state index contributed by atoms with van der Waals surface area (Å²) in [5.74, 6) is 1.17. The Morgan fingerprint density at radius 3 is 2.44 bits per heavy atom. The predicted molar refractivity (Wildman–Crippen MR) is 132 cm³/mol. The van der Waals surface area contributed by atoms with Gasteiger partial charge in [-0.25, -0.2) is 4.79 Å². The molecule has 1 heterocycles. The normalized spacial score (nSPS) is 21.4. The fraction of sp³-hybridized carbons (Fsp3) is 0.440. The van der Waals surface area contributed by atoms with E-state index in [4.69, 9.17) is 14.2 Å². The number of benzene rings is 2. The highest BCUT2D eigenvalue weighted by Crippen LogP contribution is 2.26. The zero-order valence-corrected chi connectivity index (χ0v) is 20.4. The van der Waals surface area contributed by atoms with Gasteiger partial charge in [0.25, 0.3) is 5.91 Å². The van der Waals surface area contributed by atoms with Crippen LogP contribution in [0.2, 0.25) is 0 Å². The van der Waals surface area contributed by atoms with Gasteiger partial charge in [-0.1, -0.05) is 6.92 Å². The highest BCUT2D eigenvalue weighted by atomic mass is 16.5. The lowest BCUT2D eigenvalue weighted by Crippen LogP contribution is -2.44. The average molecular weight is 471 g/mol. The number of rotatable bonds is 4. The summed E-state index contributed by atoms with van der Waals surface area (Å²) in [7, 11) is 4.98. The molecular formula is C25H34N4O5. The lowest BCUT2D eigenvalue weighted by atomic mass is 10.0. The minimum Gasteiger partial charge on any atom is -0.497 e. The minimum absolute atomic E-state index is 0.0909. The molecule has 34 heavy (non-hydrogen) atoms. The van der Waals surface area contributed by atoms with E-state index < -0.39 is 6.03 Å². The molecule has 3 atom stereocenters. The molecule has 2 aromatic carbocycles. The number of likely N-dealkylation sites (N-methyl/N-ethyl adjacent to an activating group) is 1. The number of urea groups is 1. The van der Waals surface area contributed by atoms with Crippen LogP contribution < -0.4 is 25.4 Å². The quantitative estimate of drug-likeness (QED) is 0.633. The maximum absolute atomic E-state index is 13.3. The van der Waals surface area contributed by atoms with E-state index in [1.807, 2.05) is 6.92 Å². The van der Waals surface area contributed by atoms with Crippen LogP contribution >= 0.6 is 0 Å². The number of fused-ring (bicyclic) bond motifs is 1. The first-order chi connectivity index (χ1) is 16.3. The van der Waals surface area contributed by atoms with Crippen molar-refractivity contribution in [2.45, 2.75) is 26.0 Å². The number of hydrogen-bond acceptors (Lipinski definition) is 6. The third-order valence-electron chi connectivity index (χ3n) is 5.83. The first-order valence-electron chi connectivity index (χ1n) is 11.3. The van der Waals surface area contributed by atoms with Gasteiger partial charge in [0.15, 0.2) is 0 Å². The van der Waals surface area contributed by atoms with Gasteiger partial charge in [0.05, 0.1) is 18.8 Å². The highest BCUT2D eigenvalue weighted by molar-refractivity contribution is 6.02. The van der Waals surface area contributed by atoms with Crippen molar-refractivity contribution in [3.8, 4) is 11.5 Å². The molecule has 3 N–H and O–H groups in total. The zero-order valence-electron chi connectivity index (χ0n) is 20.4. The Morgan fingerprint density at radius 2 is 1.76 bits per heavy atom. The van der Waals surface area contributed by atoms with Gasteiger partial charge in [-0.3, -0.25) is 4.79 Å². The summed E-state index contributed by atoms with van der Waals surface area (Å²) in [5.41, 5.74) is 1.47. The zero-order chi connectivity index (χ0) is 24.7. The molecule has 2 aromatic rings. The Morgan fingerprint density at radius 1 is 1.09 bits per heavy atom. The van der Waals surface area contributed by atoms with E-state index in [9.17, 15) is 9.59 Å². The lowest BCUT2D eigenvalue weighted by Gasteiger charge is -2.30. The second kappa shape index (κ2) is 11.7. The summed E-state index contributed by atoms with van der Waals surface area (Å²) in [6.07, 6.45) is -0.117. The Kier molecular flexibility index (Phi) is 8.72. The van der Waals surface area contributed by atoms with E-state index in [0.717, 1.165) is 6.54 Å². The van der Waals surface area contributed by atoms with Crippen LogP contribution in [0.25, 0.3) is 0 Å². The monoisotopic (exact) mass is 470 g/mol.